The molecule has 0 aliphatic carbocycles. The monoisotopic (exact) mass is 160 g/mol. The summed E-state index contributed by atoms with van der Waals surface area (Å²) in [6.07, 6.45) is -4.09. The second-order valence-electron chi connectivity index (χ2n) is 2.66. The first-order valence-electron chi connectivity index (χ1n) is 3.37. The van der Waals surface area contributed by atoms with Gasteiger partial charge in [0.2, 0.25) is 0 Å². The number of carbonyl (C=O) groups is 1. The predicted molar refractivity (Wildman–Crippen MR) is 31.6 cm³/mol. The second kappa shape index (κ2) is 2.25. The molecule has 2 aliphatic rings. The highest BCUT2D eigenvalue weighted by molar-refractivity contribution is 5.89. The lowest BCUT2D eigenvalue weighted by Crippen LogP contribution is -2.50. The van der Waals surface area contributed by atoms with Crippen LogP contribution in [0, 0.1) is 0 Å². The first-order valence-corrected chi connectivity index (χ1v) is 3.37. The zero-order chi connectivity index (χ0) is 8.01. The van der Waals surface area contributed by atoms with Crippen LogP contribution in [0.5, 0.6) is 0 Å². The molecule has 0 aromatic heterocycles. The Balaban J connectivity index is 2.23. The smallest absolute Gasteiger partial charge is 0.195 e. The van der Waals surface area contributed by atoms with E-state index in [0.29, 0.717) is 0 Å². The Hall–Kier alpha value is -0.490. The molecule has 1 unspecified atom stereocenters. The molecular weight excluding hydrogens is 152 g/mol. The lowest BCUT2D eigenvalue weighted by atomic mass is 10.0. The van der Waals surface area contributed by atoms with E-state index in [2.05, 4.69) is 0 Å². The molecule has 2 rings (SSSR count). The van der Waals surface area contributed by atoms with Gasteiger partial charge in [-0.15, -0.1) is 0 Å². The molecule has 5 heteroatoms. The molecule has 2 N–H and O–H groups in total. The predicted octanol–water partition coefficient (Wildman–Crippen LogP) is -1.97. The van der Waals surface area contributed by atoms with Crippen molar-refractivity contribution < 1.29 is 24.5 Å². The molecule has 0 radical (unpaired) electrons. The largest absolute Gasteiger partial charge is 0.385 e. The van der Waals surface area contributed by atoms with Crippen LogP contribution in [-0.4, -0.2) is 47.2 Å². The van der Waals surface area contributed by atoms with Gasteiger partial charge in [-0.25, -0.2) is 0 Å². The van der Waals surface area contributed by atoms with Crippen LogP contribution in [0.3, 0.4) is 0 Å². The van der Waals surface area contributed by atoms with E-state index in [1.165, 1.54) is 0 Å². The zero-order valence-corrected chi connectivity index (χ0v) is 5.64. The SMILES string of the molecule is O=C1[C@@H](O)[C@H](O)C2OC[C@H]1O2. The lowest BCUT2D eigenvalue weighted by Gasteiger charge is -2.26. The van der Waals surface area contributed by atoms with Crippen molar-refractivity contribution >= 4 is 5.78 Å². The second-order valence-corrected chi connectivity index (χ2v) is 2.66. The summed E-state index contributed by atoms with van der Waals surface area (Å²) in [6.45, 7) is 0.137. The van der Waals surface area contributed by atoms with Crippen LogP contribution in [0.1, 0.15) is 0 Å². The lowest BCUT2D eigenvalue weighted by molar-refractivity contribution is -0.194. The highest BCUT2D eigenvalue weighted by Crippen LogP contribution is 2.24. The molecule has 0 aromatic carbocycles. The van der Waals surface area contributed by atoms with E-state index < -0.39 is 30.4 Å². The van der Waals surface area contributed by atoms with E-state index in [-0.39, 0.29) is 6.61 Å². The summed E-state index contributed by atoms with van der Waals surface area (Å²) < 4.78 is 9.79. The van der Waals surface area contributed by atoms with Gasteiger partial charge in [-0.05, 0) is 0 Å². The molecule has 0 aromatic rings. The highest BCUT2D eigenvalue weighted by Gasteiger charge is 2.48. The number of hydrogen-bond donors (Lipinski definition) is 2. The van der Waals surface area contributed by atoms with Gasteiger partial charge in [0, 0.05) is 0 Å². The molecule has 4 atom stereocenters. The summed E-state index contributed by atoms with van der Waals surface area (Å²) in [5, 5.41) is 18.2. The minimum atomic E-state index is -1.35. The van der Waals surface area contributed by atoms with E-state index in [9.17, 15) is 4.79 Å². The van der Waals surface area contributed by atoms with Gasteiger partial charge in [0.05, 0.1) is 6.61 Å². The van der Waals surface area contributed by atoms with Crippen molar-refractivity contribution in [3.8, 4) is 0 Å². The Labute approximate surface area is 62.5 Å². The Bertz CT molecular complexity index is 191. The van der Waals surface area contributed by atoms with Crippen molar-refractivity contribution in [1.29, 1.82) is 0 Å². The third-order valence-corrected chi connectivity index (χ3v) is 1.92. The van der Waals surface area contributed by atoms with Crippen LogP contribution in [-0.2, 0) is 14.3 Å². The van der Waals surface area contributed by atoms with Gasteiger partial charge in [0.15, 0.2) is 12.1 Å². The minimum Gasteiger partial charge on any atom is -0.385 e. The van der Waals surface area contributed by atoms with Crippen LogP contribution < -0.4 is 0 Å². The molecule has 2 saturated heterocycles. The minimum absolute atomic E-state index is 0.137. The van der Waals surface area contributed by atoms with Gasteiger partial charge >= 0.3 is 0 Å². The van der Waals surface area contributed by atoms with Crippen LogP contribution in [0.25, 0.3) is 0 Å². The van der Waals surface area contributed by atoms with Crippen LogP contribution in [0.4, 0.5) is 0 Å². The number of rotatable bonds is 0. The van der Waals surface area contributed by atoms with Gasteiger partial charge in [-0.3, -0.25) is 4.79 Å². The Kier molecular flexibility index (Phi) is 1.47. The summed E-state index contributed by atoms with van der Waals surface area (Å²) in [5.74, 6) is -0.494. The maximum absolute atomic E-state index is 11.0. The molecule has 2 aliphatic heterocycles. The number of carbonyl (C=O) groups excluding carboxylic acids is 1. The van der Waals surface area contributed by atoms with Crippen molar-refractivity contribution in [2.75, 3.05) is 6.61 Å². The van der Waals surface area contributed by atoms with E-state index >= 15 is 0 Å². The number of ketones is 1. The molecule has 62 valence electrons. The average molecular weight is 160 g/mol. The summed E-state index contributed by atoms with van der Waals surface area (Å²) in [7, 11) is 0. The topological polar surface area (TPSA) is 76.0 Å². The van der Waals surface area contributed by atoms with E-state index in [1.54, 1.807) is 0 Å². The molecular formula is C6H8O5. The number of hydrogen-bond acceptors (Lipinski definition) is 5. The van der Waals surface area contributed by atoms with Crippen molar-refractivity contribution in [2.45, 2.75) is 24.6 Å². The summed E-state index contributed by atoms with van der Waals surface area (Å²) in [6, 6.07) is 0. The Morgan fingerprint density at radius 3 is 2.91 bits per heavy atom. The molecule has 2 heterocycles. The Morgan fingerprint density at radius 2 is 2.18 bits per heavy atom. The van der Waals surface area contributed by atoms with Crippen LogP contribution in [0.15, 0.2) is 0 Å². The van der Waals surface area contributed by atoms with Gasteiger partial charge in [-0.1, -0.05) is 0 Å². The molecule has 0 amide bonds. The third kappa shape index (κ3) is 0.893. The van der Waals surface area contributed by atoms with Crippen molar-refractivity contribution in [1.82, 2.24) is 0 Å². The van der Waals surface area contributed by atoms with Gasteiger partial charge in [-0.2, -0.15) is 0 Å². The number of aliphatic hydroxyl groups excluding tert-OH is 2. The fourth-order valence-corrected chi connectivity index (χ4v) is 1.26. The average Bonchev–Trinajstić information content (AvgIpc) is 2.44. The summed E-state index contributed by atoms with van der Waals surface area (Å²) in [4.78, 5) is 11.0. The zero-order valence-electron chi connectivity index (χ0n) is 5.64. The third-order valence-electron chi connectivity index (χ3n) is 1.92. The van der Waals surface area contributed by atoms with Gasteiger partial charge in [0.25, 0.3) is 0 Å². The molecule has 0 saturated carbocycles. The fourth-order valence-electron chi connectivity index (χ4n) is 1.26. The maximum atomic E-state index is 11.0. The molecule has 5 nitrogen and oxygen atoms in total. The van der Waals surface area contributed by atoms with E-state index in [4.69, 9.17) is 19.7 Å². The summed E-state index contributed by atoms with van der Waals surface area (Å²) in [5.41, 5.74) is 0. The number of aliphatic hydroxyl groups is 2. The number of fused-ring (bicyclic) bond motifs is 2. The summed E-state index contributed by atoms with van der Waals surface area (Å²) >= 11 is 0. The van der Waals surface area contributed by atoms with Crippen LogP contribution in [0.2, 0.25) is 0 Å². The van der Waals surface area contributed by atoms with Crippen molar-refractivity contribution in [3.05, 3.63) is 0 Å². The maximum Gasteiger partial charge on any atom is 0.195 e. The van der Waals surface area contributed by atoms with Gasteiger partial charge < -0.3 is 19.7 Å². The number of ether oxygens (including phenoxy) is 2. The first-order chi connectivity index (χ1) is 5.20. The quantitative estimate of drug-likeness (QED) is 0.430. The standard InChI is InChI=1S/C6H8O5/c7-3-2-1-10-6(11-2)5(9)4(3)8/h2,4-6,8-9H,1H2/t2-,4-,5+,6?/m1/s1. The highest BCUT2D eigenvalue weighted by atomic mass is 16.7. The van der Waals surface area contributed by atoms with E-state index in [0.717, 1.165) is 0 Å². The normalized spacial score (nSPS) is 49.8. The molecule has 11 heavy (non-hydrogen) atoms. The molecule has 0 spiro atoms. The van der Waals surface area contributed by atoms with Gasteiger partial charge in [0.1, 0.15) is 18.3 Å². The fraction of sp³-hybridized carbons (Fsp3) is 0.833. The van der Waals surface area contributed by atoms with Crippen molar-refractivity contribution in [3.63, 3.8) is 0 Å². The van der Waals surface area contributed by atoms with E-state index in [1.807, 2.05) is 0 Å². The molecule has 2 bridgehead atoms. The molecule has 2 fully saturated rings. The van der Waals surface area contributed by atoms with Crippen molar-refractivity contribution in [2.24, 2.45) is 0 Å². The number of Topliss-reactive ketones (excluding diaryl/α,β-unsaturated/α-hetero) is 1. The first kappa shape index (κ1) is 7.17. The van der Waals surface area contributed by atoms with Crippen LogP contribution >= 0.6 is 0 Å². The Morgan fingerprint density at radius 1 is 1.45 bits per heavy atom.